The summed E-state index contributed by atoms with van der Waals surface area (Å²) in [6.45, 7) is 6.24. The molecule has 1 aliphatic carbocycles. The van der Waals surface area contributed by atoms with Crippen molar-refractivity contribution in [1.29, 1.82) is 0 Å². The summed E-state index contributed by atoms with van der Waals surface area (Å²) in [6, 6.07) is 8.49. The van der Waals surface area contributed by atoms with Crippen molar-refractivity contribution < 1.29 is 10.1 Å². The number of aromatic nitrogens is 1. The highest BCUT2D eigenvalue weighted by Gasteiger charge is 2.21. The summed E-state index contributed by atoms with van der Waals surface area (Å²) in [5.41, 5.74) is 6.10. The fourth-order valence-corrected chi connectivity index (χ4v) is 4.06. The van der Waals surface area contributed by atoms with Gasteiger partial charge in [-0.25, -0.2) is 4.57 Å². The van der Waals surface area contributed by atoms with Crippen molar-refractivity contribution in [2.45, 2.75) is 52.3 Å². The maximum absolute atomic E-state index is 8.88. The zero-order valence-corrected chi connectivity index (χ0v) is 15.6. The predicted molar refractivity (Wildman–Crippen MR) is 106 cm³/mol. The minimum absolute atomic E-state index is 0.153. The Hall–Kier alpha value is -2.15. The fourth-order valence-electron chi connectivity index (χ4n) is 4.06. The van der Waals surface area contributed by atoms with Crippen LogP contribution < -0.4 is 4.57 Å². The van der Waals surface area contributed by atoms with Crippen LogP contribution in [0.25, 0.3) is 22.0 Å². The van der Waals surface area contributed by atoms with Crippen LogP contribution in [0.5, 0.6) is 0 Å². The van der Waals surface area contributed by atoms with Crippen molar-refractivity contribution in [3.05, 3.63) is 64.8 Å². The Bertz CT molecular complexity index is 1140. The molecule has 0 unspecified atom stereocenters. The van der Waals surface area contributed by atoms with Gasteiger partial charge in [-0.15, -0.1) is 0 Å². The van der Waals surface area contributed by atoms with Crippen molar-refractivity contribution in [2.75, 3.05) is 0 Å². The Kier molecular flexibility index (Phi) is 3.08. The van der Waals surface area contributed by atoms with Gasteiger partial charge in [0.15, 0.2) is 6.17 Å². The third-order valence-corrected chi connectivity index (χ3v) is 5.55. The molecule has 0 saturated heterocycles. The van der Waals surface area contributed by atoms with Crippen molar-refractivity contribution in [3.8, 4) is 11.3 Å². The molecule has 2 aromatic carbocycles. The third-order valence-electron chi connectivity index (χ3n) is 5.55. The lowest BCUT2D eigenvalue weighted by Crippen LogP contribution is -2.30. The van der Waals surface area contributed by atoms with E-state index in [-0.39, 0.29) is 12.2 Å². The van der Waals surface area contributed by atoms with Gasteiger partial charge in [0.25, 0.3) is 0 Å². The van der Waals surface area contributed by atoms with Crippen LogP contribution in [-0.4, -0.2) is 0 Å². The predicted octanol–water partition coefficient (Wildman–Crippen LogP) is 5.91. The quantitative estimate of drug-likeness (QED) is 0.513. The topological polar surface area (TPSA) is 3.88 Å². The lowest BCUT2D eigenvalue weighted by atomic mass is 9.92. The molecule has 0 spiro atoms. The smallest absolute Gasteiger partial charge is 0.200 e. The van der Waals surface area contributed by atoms with Crippen LogP contribution in [-0.2, 0) is 7.05 Å². The van der Waals surface area contributed by atoms with Gasteiger partial charge in [-0.05, 0) is 73.7 Å². The average molecular weight is 335 g/mol. The first-order valence-corrected chi connectivity index (χ1v) is 9.16. The Labute approximate surface area is 156 Å². The molecule has 0 aliphatic heterocycles. The number of hydrogen-bond acceptors (Lipinski definition) is 0. The van der Waals surface area contributed by atoms with Gasteiger partial charge in [0, 0.05) is 7.41 Å². The first kappa shape index (κ1) is 12.2. The highest BCUT2D eigenvalue weighted by atomic mass is 14.9. The molecule has 1 heterocycles. The lowest BCUT2D eigenvalue weighted by Gasteiger charge is -2.14. The molecule has 0 amide bonds. The first-order chi connectivity index (χ1) is 13.6. The minimum Gasteiger partial charge on any atom is -0.200 e. The fraction of sp³-hybridized carbons (Fsp3) is 0.375. The number of pyridine rings is 1. The molecule has 1 nitrogen and oxygen atoms in total. The minimum atomic E-state index is -0.742. The summed E-state index contributed by atoms with van der Waals surface area (Å²) in [4.78, 5) is 0. The molecular formula is C24H28N+. The van der Waals surface area contributed by atoms with Gasteiger partial charge in [0.05, 0.1) is 13.7 Å². The first-order valence-electron chi connectivity index (χ1n) is 11.2. The molecule has 1 fully saturated rings. The van der Waals surface area contributed by atoms with Crippen molar-refractivity contribution in [2.24, 2.45) is 7.05 Å². The van der Waals surface area contributed by atoms with Gasteiger partial charge in [0.2, 0.25) is 5.69 Å². The van der Waals surface area contributed by atoms with Crippen LogP contribution >= 0.6 is 0 Å². The maximum Gasteiger partial charge on any atom is 0.220 e. The van der Waals surface area contributed by atoms with E-state index in [1.807, 2.05) is 19.2 Å². The monoisotopic (exact) mass is 334 g/mol. The largest absolute Gasteiger partial charge is 0.220 e. The van der Waals surface area contributed by atoms with Gasteiger partial charge in [-0.1, -0.05) is 36.6 Å². The average Bonchev–Trinajstić information content (AvgIpc) is 3.11. The van der Waals surface area contributed by atoms with Gasteiger partial charge < -0.3 is 0 Å². The van der Waals surface area contributed by atoms with E-state index < -0.39 is 5.89 Å². The van der Waals surface area contributed by atoms with Gasteiger partial charge in [-0.2, -0.15) is 0 Å². The highest BCUT2D eigenvalue weighted by Crippen LogP contribution is 2.37. The summed E-state index contributed by atoms with van der Waals surface area (Å²) in [7, 11) is 1.83. The zero-order chi connectivity index (χ0) is 21.1. The second-order valence-electron chi connectivity index (χ2n) is 7.38. The maximum atomic E-state index is 8.88. The second-order valence-corrected chi connectivity index (χ2v) is 7.38. The van der Waals surface area contributed by atoms with E-state index in [2.05, 4.69) is 32.9 Å². The third kappa shape index (κ3) is 2.86. The molecule has 1 saturated carbocycles. The number of rotatable bonds is 2. The SMILES string of the molecule is [2H]c1cc2c(-c3cc(C)cc(C)c3C)[n+](C)c([2H])c([2H])c2cc1C1([2H])CCCC1. The number of fused-ring (bicyclic) bond motifs is 1. The van der Waals surface area contributed by atoms with E-state index in [0.29, 0.717) is 17.0 Å². The van der Waals surface area contributed by atoms with Gasteiger partial charge >= 0.3 is 0 Å². The van der Waals surface area contributed by atoms with Crippen LogP contribution in [0.1, 0.15) is 59.3 Å². The van der Waals surface area contributed by atoms with Crippen LogP contribution in [0.4, 0.5) is 0 Å². The van der Waals surface area contributed by atoms with Gasteiger partial charge in [-0.3, -0.25) is 0 Å². The summed E-state index contributed by atoms with van der Waals surface area (Å²) in [5, 5.41) is 1.49. The molecule has 0 N–H and O–H groups in total. The molecule has 0 bridgehead atoms. The second kappa shape index (κ2) is 6.29. The van der Waals surface area contributed by atoms with E-state index >= 15 is 0 Å². The summed E-state index contributed by atoms with van der Waals surface area (Å²) >= 11 is 0. The van der Waals surface area contributed by atoms with Crippen LogP contribution in [0, 0.1) is 20.8 Å². The Morgan fingerprint density at radius 3 is 2.60 bits per heavy atom. The van der Waals surface area contributed by atoms with Gasteiger partial charge in [0.1, 0.15) is 8.42 Å². The molecule has 3 aromatic rings. The van der Waals surface area contributed by atoms with E-state index in [1.54, 1.807) is 4.57 Å². The lowest BCUT2D eigenvalue weighted by molar-refractivity contribution is -0.659. The normalized spacial score (nSPS) is 18.7. The van der Waals surface area contributed by atoms with Crippen molar-refractivity contribution >= 4 is 10.8 Å². The van der Waals surface area contributed by atoms with E-state index in [9.17, 15) is 0 Å². The van der Waals surface area contributed by atoms with Crippen LogP contribution in [0.3, 0.4) is 0 Å². The molecule has 25 heavy (non-hydrogen) atoms. The molecule has 0 radical (unpaired) electrons. The summed E-state index contributed by atoms with van der Waals surface area (Å²) < 4.78 is 36.5. The number of benzene rings is 2. The molecule has 1 heteroatoms. The van der Waals surface area contributed by atoms with Crippen molar-refractivity contribution in [3.63, 3.8) is 0 Å². The van der Waals surface area contributed by atoms with Crippen LogP contribution in [0.15, 0.2) is 42.5 Å². The van der Waals surface area contributed by atoms with Crippen LogP contribution in [0.2, 0.25) is 0 Å². The summed E-state index contributed by atoms with van der Waals surface area (Å²) in [6.07, 6.45) is 3.69. The Morgan fingerprint density at radius 2 is 1.84 bits per heavy atom. The molecule has 4 rings (SSSR count). The molecule has 0 atom stereocenters. The number of nitrogens with zero attached hydrogens (tertiary/aromatic N) is 1. The summed E-state index contributed by atoms with van der Waals surface area (Å²) in [5.74, 6) is -0.742. The standard InChI is InChI=1S/C24H28N/c1-16-13-17(2)18(3)23(14-16)24-22-10-9-20(19-7-5-6-8-19)15-21(22)11-12-25(24)4/h9-15,19H,5-8H2,1-4H3/q+1/i9D,11D,12D,19D. The Morgan fingerprint density at radius 1 is 1.08 bits per heavy atom. The molecule has 1 aromatic heterocycles. The van der Waals surface area contributed by atoms with E-state index in [0.717, 1.165) is 53.5 Å². The number of aryl methyl sites for hydroxylation is 2. The number of hydrogen-bond donors (Lipinski definition) is 0. The Balaban J connectivity index is 2.11. The van der Waals surface area contributed by atoms with E-state index in [4.69, 9.17) is 5.48 Å². The zero-order valence-electron chi connectivity index (χ0n) is 19.6. The van der Waals surface area contributed by atoms with E-state index in [1.165, 1.54) is 5.56 Å². The molecule has 1 aliphatic rings. The molecule has 128 valence electrons. The molecular weight excluding hydrogens is 302 g/mol. The highest BCUT2D eigenvalue weighted by molar-refractivity contribution is 5.94. The van der Waals surface area contributed by atoms with Crippen molar-refractivity contribution in [1.82, 2.24) is 0 Å².